The summed E-state index contributed by atoms with van der Waals surface area (Å²) in [4.78, 5) is 4.47. The lowest BCUT2D eigenvalue weighted by molar-refractivity contribution is 0.917. The van der Waals surface area contributed by atoms with Crippen molar-refractivity contribution in [1.29, 1.82) is 0 Å². The van der Waals surface area contributed by atoms with Crippen LogP contribution in [0.4, 0.5) is 0 Å². The van der Waals surface area contributed by atoms with Crippen LogP contribution in [0.25, 0.3) is 10.8 Å². The van der Waals surface area contributed by atoms with Crippen molar-refractivity contribution in [2.24, 2.45) is 0 Å². The quantitative estimate of drug-likeness (QED) is 0.676. The Hall–Kier alpha value is -1.86. The van der Waals surface area contributed by atoms with Crippen molar-refractivity contribution in [2.75, 3.05) is 0 Å². The van der Waals surface area contributed by atoms with Crippen molar-refractivity contribution in [1.82, 2.24) is 4.98 Å². The van der Waals surface area contributed by atoms with Crippen molar-refractivity contribution < 1.29 is 0 Å². The number of benzene rings is 2. The van der Waals surface area contributed by atoms with Gasteiger partial charge < -0.3 is 0 Å². The summed E-state index contributed by atoms with van der Waals surface area (Å²) in [5.74, 6) is 0. The smallest absolute Gasteiger partial charge is 0.0407 e. The van der Waals surface area contributed by atoms with Gasteiger partial charge in [-0.1, -0.05) is 48.5 Å². The molecule has 102 valence electrons. The molecule has 1 aromatic heterocycles. The largest absolute Gasteiger partial charge is 0.261 e. The van der Waals surface area contributed by atoms with Gasteiger partial charge in [0.15, 0.2) is 0 Å². The van der Waals surface area contributed by atoms with E-state index in [4.69, 9.17) is 0 Å². The Morgan fingerprint density at radius 1 is 0.850 bits per heavy atom. The highest BCUT2D eigenvalue weighted by Gasteiger charge is 2.01. The normalized spacial score (nSPS) is 10.2. The SMILES string of the molecule is Cc1ccc(CCc2cccc3ccccc23)nc1.Cl. The number of nitrogens with zero attached hydrogens (tertiary/aromatic N) is 1. The van der Waals surface area contributed by atoms with Crippen LogP contribution in [0.3, 0.4) is 0 Å². The summed E-state index contributed by atoms with van der Waals surface area (Å²) in [5, 5.41) is 2.67. The first-order valence-electron chi connectivity index (χ1n) is 6.71. The molecule has 0 atom stereocenters. The summed E-state index contributed by atoms with van der Waals surface area (Å²) in [7, 11) is 0. The minimum Gasteiger partial charge on any atom is -0.261 e. The maximum absolute atomic E-state index is 4.47. The van der Waals surface area contributed by atoms with E-state index in [0.717, 1.165) is 12.8 Å². The van der Waals surface area contributed by atoms with Crippen LogP contribution in [-0.2, 0) is 12.8 Å². The lowest BCUT2D eigenvalue weighted by Crippen LogP contribution is -1.95. The van der Waals surface area contributed by atoms with Crippen LogP contribution < -0.4 is 0 Å². The molecule has 0 aliphatic carbocycles. The van der Waals surface area contributed by atoms with E-state index in [-0.39, 0.29) is 12.4 Å². The van der Waals surface area contributed by atoms with Crippen LogP contribution in [0.2, 0.25) is 0 Å². The van der Waals surface area contributed by atoms with Gasteiger partial charge in [-0.25, -0.2) is 0 Å². The van der Waals surface area contributed by atoms with Crippen molar-refractivity contribution in [2.45, 2.75) is 19.8 Å². The highest BCUT2D eigenvalue weighted by atomic mass is 35.5. The third-order valence-corrected chi connectivity index (χ3v) is 3.50. The Morgan fingerprint density at radius 2 is 1.65 bits per heavy atom. The highest BCUT2D eigenvalue weighted by Crippen LogP contribution is 2.19. The molecule has 0 bridgehead atoms. The van der Waals surface area contributed by atoms with Crippen molar-refractivity contribution in [3.63, 3.8) is 0 Å². The molecule has 0 saturated carbocycles. The first-order chi connectivity index (χ1) is 9.33. The van der Waals surface area contributed by atoms with E-state index in [1.165, 1.54) is 27.6 Å². The molecular weight excluding hydrogens is 266 g/mol. The fourth-order valence-electron chi connectivity index (χ4n) is 2.42. The molecule has 0 aliphatic heterocycles. The second-order valence-corrected chi connectivity index (χ2v) is 4.97. The van der Waals surface area contributed by atoms with Crippen LogP contribution in [0.15, 0.2) is 60.8 Å². The molecule has 1 nitrogen and oxygen atoms in total. The summed E-state index contributed by atoms with van der Waals surface area (Å²) in [6.07, 6.45) is 3.98. The molecule has 0 fully saturated rings. The maximum Gasteiger partial charge on any atom is 0.0407 e. The third-order valence-electron chi connectivity index (χ3n) is 3.50. The Morgan fingerprint density at radius 3 is 2.45 bits per heavy atom. The van der Waals surface area contributed by atoms with Gasteiger partial charge >= 0.3 is 0 Å². The zero-order valence-corrected chi connectivity index (χ0v) is 12.4. The molecule has 0 aliphatic rings. The van der Waals surface area contributed by atoms with E-state index in [1.807, 2.05) is 6.20 Å². The molecule has 0 saturated heterocycles. The molecule has 0 unspecified atom stereocenters. The standard InChI is InChI=1S/C18H17N.ClH/c1-14-9-11-17(19-13-14)12-10-16-7-4-6-15-5-2-3-8-18(15)16;/h2-9,11,13H,10,12H2,1H3;1H. The highest BCUT2D eigenvalue weighted by molar-refractivity contribution is 5.86. The lowest BCUT2D eigenvalue weighted by atomic mass is 10.00. The summed E-state index contributed by atoms with van der Waals surface area (Å²) in [6.45, 7) is 2.07. The zero-order chi connectivity index (χ0) is 13.1. The minimum absolute atomic E-state index is 0. The number of fused-ring (bicyclic) bond motifs is 1. The van der Waals surface area contributed by atoms with E-state index < -0.39 is 0 Å². The first-order valence-corrected chi connectivity index (χ1v) is 6.71. The molecule has 1 heterocycles. The molecule has 0 N–H and O–H groups in total. The summed E-state index contributed by atoms with van der Waals surface area (Å²) in [5.41, 5.74) is 3.79. The lowest BCUT2D eigenvalue weighted by Gasteiger charge is -2.06. The van der Waals surface area contributed by atoms with E-state index in [0.29, 0.717) is 0 Å². The Labute approximate surface area is 126 Å². The van der Waals surface area contributed by atoms with Crippen LogP contribution in [0.1, 0.15) is 16.8 Å². The number of hydrogen-bond acceptors (Lipinski definition) is 1. The maximum atomic E-state index is 4.47. The van der Waals surface area contributed by atoms with E-state index in [2.05, 4.69) is 66.5 Å². The van der Waals surface area contributed by atoms with Gasteiger partial charge in [0.05, 0.1) is 0 Å². The van der Waals surface area contributed by atoms with Gasteiger partial charge in [-0.15, -0.1) is 12.4 Å². The van der Waals surface area contributed by atoms with Gasteiger partial charge in [-0.3, -0.25) is 4.98 Å². The predicted molar refractivity (Wildman–Crippen MR) is 87.6 cm³/mol. The second kappa shape index (κ2) is 6.53. The van der Waals surface area contributed by atoms with Crippen LogP contribution in [0, 0.1) is 6.92 Å². The van der Waals surface area contributed by atoms with Crippen LogP contribution in [-0.4, -0.2) is 4.98 Å². The molecule has 3 rings (SSSR count). The molecule has 2 aromatic carbocycles. The topological polar surface area (TPSA) is 12.9 Å². The Balaban J connectivity index is 0.00000147. The monoisotopic (exact) mass is 283 g/mol. The molecule has 20 heavy (non-hydrogen) atoms. The van der Waals surface area contributed by atoms with Gasteiger partial charge in [0, 0.05) is 11.9 Å². The first kappa shape index (κ1) is 14.5. The predicted octanol–water partition coefficient (Wildman–Crippen LogP) is 4.75. The van der Waals surface area contributed by atoms with Gasteiger partial charge in [0.25, 0.3) is 0 Å². The number of halogens is 1. The molecular formula is C18H18ClN. The average Bonchev–Trinajstić information content (AvgIpc) is 2.47. The van der Waals surface area contributed by atoms with E-state index >= 15 is 0 Å². The molecule has 0 amide bonds. The fraction of sp³-hybridized carbons (Fsp3) is 0.167. The Bertz CT molecular complexity index is 684. The Kier molecular flexibility index (Phi) is 4.75. The van der Waals surface area contributed by atoms with Gasteiger partial charge in [-0.2, -0.15) is 0 Å². The number of hydrogen-bond donors (Lipinski definition) is 0. The summed E-state index contributed by atoms with van der Waals surface area (Å²) in [6, 6.07) is 19.4. The molecule has 2 heteroatoms. The molecule has 0 radical (unpaired) electrons. The second-order valence-electron chi connectivity index (χ2n) is 4.97. The molecule has 3 aromatic rings. The number of rotatable bonds is 3. The van der Waals surface area contributed by atoms with Crippen molar-refractivity contribution >= 4 is 23.2 Å². The van der Waals surface area contributed by atoms with Gasteiger partial charge in [-0.05, 0) is 47.7 Å². The van der Waals surface area contributed by atoms with E-state index in [9.17, 15) is 0 Å². The number of aromatic nitrogens is 1. The summed E-state index contributed by atoms with van der Waals surface area (Å²) < 4.78 is 0. The summed E-state index contributed by atoms with van der Waals surface area (Å²) >= 11 is 0. The fourth-order valence-corrected chi connectivity index (χ4v) is 2.42. The van der Waals surface area contributed by atoms with Gasteiger partial charge in [0.1, 0.15) is 0 Å². The van der Waals surface area contributed by atoms with Crippen LogP contribution >= 0.6 is 12.4 Å². The number of pyridine rings is 1. The number of aryl methyl sites for hydroxylation is 3. The van der Waals surface area contributed by atoms with E-state index in [1.54, 1.807) is 0 Å². The zero-order valence-electron chi connectivity index (χ0n) is 11.5. The molecule has 0 spiro atoms. The minimum atomic E-state index is 0. The van der Waals surface area contributed by atoms with Crippen molar-refractivity contribution in [3.8, 4) is 0 Å². The third kappa shape index (κ3) is 3.17. The van der Waals surface area contributed by atoms with Crippen LogP contribution in [0.5, 0.6) is 0 Å². The van der Waals surface area contributed by atoms with Gasteiger partial charge in [0.2, 0.25) is 0 Å². The van der Waals surface area contributed by atoms with Crippen molar-refractivity contribution in [3.05, 3.63) is 77.6 Å². The average molecular weight is 284 g/mol.